The van der Waals surface area contributed by atoms with E-state index in [4.69, 9.17) is 22.1 Å². The minimum absolute atomic E-state index is 0.185. The van der Waals surface area contributed by atoms with Gasteiger partial charge in [-0.3, -0.25) is 0 Å². The Labute approximate surface area is 102 Å². The molecule has 0 aromatic carbocycles. The third kappa shape index (κ3) is 2.83. The summed E-state index contributed by atoms with van der Waals surface area (Å²) in [6.07, 6.45) is 4.69. The standard InChI is InChI=1S/C10H12BrClN2O/c11-9-3-6(12)5-14-10(9)15-8-2-1-7(13)4-8/h3,5,7-8H,1-2,4,13H2. The number of hydrogen-bond acceptors (Lipinski definition) is 3. The van der Waals surface area contributed by atoms with Crippen molar-refractivity contribution in [1.29, 1.82) is 0 Å². The molecule has 1 fully saturated rings. The van der Waals surface area contributed by atoms with Crippen LogP contribution in [-0.4, -0.2) is 17.1 Å². The number of aromatic nitrogens is 1. The van der Waals surface area contributed by atoms with E-state index in [1.807, 2.05) is 0 Å². The molecule has 1 heterocycles. The molecule has 2 unspecified atom stereocenters. The van der Waals surface area contributed by atoms with Crippen LogP contribution in [0.1, 0.15) is 19.3 Å². The molecule has 1 saturated carbocycles. The first kappa shape index (κ1) is 11.2. The molecule has 5 heteroatoms. The highest BCUT2D eigenvalue weighted by Crippen LogP contribution is 2.29. The van der Waals surface area contributed by atoms with Gasteiger partial charge in [0, 0.05) is 12.2 Å². The fourth-order valence-electron chi connectivity index (χ4n) is 1.73. The van der Waals surface area contributed by atoms with E-state index >= 15 is 0 Å². The van der Waals surface area contributed by atoms with Crippen LogP contribution in [0.2, 0.25) is 5.02 Å². The Hall–Kier alpha value is -0.320. The van der Waals surface area contributed by atoms with Crippen molar-refractivity contribution >= 4 is 27.5 Å². The maximum atomic E-state index is 5.81. The molecule has 1 aliphatic carbocycles. The lowest BCUT2D eigenvalue weighted by atomic mass is 10.3. The first-order valence-corrected chi connectivity index (χ1v) is 6.05. The van der Waals surface area contributed by atoms with E-state index in [2.05, 4.69) is 20.9 Å². The van der Waals surface area contributed by atoms with Crippen LogP contribution in [0.3, 0.4) is 0 Å². The molecular weight excluding hydrogens is 279 g/mol. The molecule has 0 radical (unpaired) electrons. The van der Waals surface area contributed by atoms with Crippen LogP contribution < -0.4 is 10.5 Å². The molecule has 1 aromatic heterocycles. The van der Waals surface area contributed by atoms with Gasteiger partial charge in [0.05, 0.1) is 9.50 Å². The molecule has 15 heavy (non-hydrogen) atoms. The summed E-state index contributed by atoms with van der Waals surface area (Å²) in [5.41, 5.74) is 5.81. The maximum absolute atomic E-state index is 5.81. The molecule has 1 aromatic rings. The van der Waals surface area contributed by atoms with Crippen LogP contribution >= 0.6 is 27.5 Å². The average molecular weight is 292 g/mol. The monoisotopic (exact) mass is 290 g/mol. The Balaban J connectivity index is 2.04. The van der Waals surface area contributed by atoms with Gasteiger partial charge in [-0.1, -0.05) is 11.6 Å². The van der Waals surface area contributed by atoms with Crippen LogP contribution in [0.4, 0.5) is 0 Å². The summed E-state index contributed by atoms with van der Waals surface area (Å²) < 4.78 is 6.52. The molecule has 82 valence electrons. The van der Waals surface area contributed by atoms with Gasteiger partial charge in [0.2, 0.25) is 5.88 Å². The minimum atomic E-state index is 0.185. The van der Waals surface area contributed by atoms with Gasteiger partial charge in [0.1, 0.15) is 6.10 Å². The van der Waals surface area contributed by atoms with Gasteiger partial charge < -0.3 is 10.5 Å². The van der Waals surface area contributed by atoms with Gasteiger partial charge >= 0.3 is 0 Å². The molecular formula is C10H12BrClN2O. The van der Waals surface area contributed by atoms with Crippen molar-refractivity contribution in [2.24, 2.45) is 5.73 Å². The highest BCUT2D eigenvalue weighted by molar-refractivity contribution is 9.10. The third-order valence-corrected chi connectivity index (χ3v) is 3.25. The summed E-state index contributed by atoms with van der Waals surface area (Å²) in [7, 11) is 0. The number of rotatable bonds is 2. The average Bonchev–Trinajstić information content (AvgIpc) is 2.56. The summed E-state index contributed by atoms with van der Waals surface area (Å²) >= 11 is 9.16. The Morgan fingerprint density at radius 1 is 1.53 bits per heavy atom. The van der Waals surface area contributed by atoms with Gasteiger partial charge in [-0.2, -0.15) is 0 Å². The SMILES string of the molecule is NC1CCC(Oc2ncc(Cl)cc2Br)C1. The second kappa shape index (κ2) is 4.68. The molecule has 0 aliphatic heterocycles. The third-order valence-electron chi connectivity index (χ3n) is 2.48. The van der Waals surface area contributed by atoms with Gasteiger partial charge in [-0.25, -0.2) is 4.98 Å². The molecule has 3 nitrogen and oxygen atoms in total. The molecule has 2 rings (SSSR count). The van der Waals surface area contributed by atoms with Crippen molar-refractivity contribution in [2.75, 3.05) is 0 Å². The summed E-state index contributed by atoms with van der Waals surface area (Å²) in [5, 5.41) is 0.595. The Bertz CT molecular complexity index is 361. The fourth-order valence-corrected chi connectivity index (χ4v) is 2.46. The van der Waals surface area contributed by atoms with Crippen molar-refractivity contribution in [3.63, 3.8) is 0 Å². The van der Waals surface area contributed by atoms with Gasteiger partial charge in [0.25, 0.3) is 0 Å². The predicted molar refractivity (Wildman–Crippen MR) is 63.2 cm³/mol. The summed E-state index contributed by atoms with van der Waals surface area (Å²) in [5.74, 6) is 0.596. The van der Waals surface area contributed by atoms with E-state index in [0.717, 1.165) is 23.7 Å². The summed E-state index contributed by atoms with van der Waals surface area (Å²) in [6.45, 7) is 0. The van der Waals surface area contributed by atoms with Crippen molar-refractivity contribution in [1.82, 2.24) is 4.98 Å². The zero-order valence-corrected chi connectivity index (χ0v) is 10.5. The molecule has 0 bridgehead atoms. The second-order valence-electron chi connectivity index (χ2n) is 3.75. The Morgan fingerprint density at radius 2 is 2.33 bits per heavy atom. The summed E-state index contributed by atoms with van der Waals surface area (Å²) in [6, 6.07) is 2.04. The van der Waals surface area contributed by atoms with Gasteiger partial charge in [-0.15, -0.1) is 0 Å². The largest absolute Gasteiger partial charge is 0.473 e. The smallest absolute Gasteiger partial charge is 0.228 e. The molecule has 0 saturated heterocycles. The Morgan fingerprint density at radius 3 is 2.93 bits per heavy atom. The number of nitrogens with zero attached hydrogens (tertiary/aromatic N) is 1. The number of nitrogens with two attached hydrogens (primary N) is 1. The van der Waals surface area contributed by atoms with E-state index in [1.54, 1.807) is 12.3 Å². The Kier molecular flexibility index (Phi) is 3.49. The van der Waals surface area contributed by atoms with Gasteiger partial charge in [0.15, 0.2) is 0 Å². The second-order valence-corrected chi connectivity index (χ2v) is 5.04. The lowest BCUT2D eigenvalue weighted by Crippen LogP contribution is -2.19. The summed E-state index contributed by atoms with van der Waals surface area (Å²) in [4.78, 5) is 4.12. The van der Waals surface area contributed by atoms with E-state index < -0.39 is 0 Å². The lowest BCUT2D eigenvalue weighted by Gasteiger charge is -2.13. The molecule has 2 N–H and O–H groups in total. The zero-order valence-electron chi connectivity index (χ0n) is 8.12. The highest BCUT2D eigenvalue weighted by atomic mass is 79.9. The zero-order chi connectivity index (χ0) is 10.8. The molecule has 0 spiro atoms. The van der Waals surface area contributed by atoms with E-state index in [1.165, 1.54) is 0 Å². The van der Waals surface area contributed by atoms with E-state index in [0.29, 0.717) is 10.9 Å². The number of hydrogen-bond donors (Lipinski definition) is 1. The topological polar surface area (TPSA) is 48.1 Å². The van der Waals surface area contributed by atoms with Gasteiger partial charge in [-0.05, 0) is 41.3 Å². The first-order valence-electron chi connectivity index (χ1n) is 4.88. The molecule has 2 atom stereocenters. The number of pyridine rings is 1. The van der Waals surface area contributed by atoms with E-state index in [9.17, 15) is 0 Å². The highest BCUT2D eigenvalue weighted by Gasteiger charge is 2.24. The van der Waals surface area contributed by atoms with E-state index in [-0.39, 0.29) is 12.1 Å². The van der Waals surface area contributed by atoms with Crippen molar-refractivity contribution < 1.29 is 4.74 Å². The van der Waals surface area contributed by atoms with Crippen LogP contribution in [0.25, 0.3) is 0 Å². The maximum Gasteiger partial charge on any atom is 0.228 e. The van der Waals surface area contributed by atoms with Crippen molar-refractivity contribution in [3.8, 4) is 5.88 Å². The minimum Gasteiger partial charge on any atom is -0.473 e. The van der Waals surface area contributed by atoms with Crippen molar-refractivity contribution in [2.45, 2.75) is 31.4 Å². The quantitative estimate of drug-likeness (QED) is 0.911. The molecule has 0 amide bonds. The van der Waals surface area contributed by atoms with Crippen molar-refractivity contribution in [3.05, 3.63) is 21.8 Å². The van der Waals surface area contributed by atoms with Crippen LogP contribution in [-0.2, 0) is 0 Å². The predicted octanol–water partition coefficient (Wildman–Crippen LogP) is 2.76. The molecule has 1 aliphatic rings. The lowest BCUT2D eigenvalue weighted by molar-refractivity contribution is 0.198. The fraction of sp³-hybridized carbons (Fsp3) is 0.500. The van der Waals surface area contributed by atoms with Crippen LogP contribution in [0, 0.1) is 0 Å². The van der Waals surface area contributed by atoms with Crippen LogP contribution in [0.5, 0.6) is 5.88 Å². The number of ether oxygens (including phenoxy) is 1. The normalized spacial score (nSPS) is 25.5. The first-order chi connectivity index (χ1) is 7.15. The number of halogens is 2. The van der Waals surface area contributed by atoms with Crippen LogP contribution in [0.15, 0.2) is 16.7 Å².